The highest BCUT2D eigenvalue weighted by molar-refractivity contribution is 5.94. The molecule has 0 heterocycles. The van der Waals surface area contributed by atoms with Crippen LogP contribution in [0.2, 0.25) is 0 Å². The molecule has 0 bridgehead atoms. The predicted molar refractivity (Wildman–Crippen MR) is 108 cm³/mol. The first-order chi connectivity index (χ1) is 13.1. The first-order valence-corrected chi connectivity index (χ1v) is 9.26. The van der Waals surface area contributed by atoms with Gasteiger partial charge in [0.1, 0.15) is 0 Å². The highest BCUT2D eigenvalue weighted by Gasteiger charge is 2.11. The standard InChI is InChI=1S/C10H11F3O.C10H13NO.C2H6/c1-6(2)7-3-4-9(8(11)5-7)14-10(12)13;1-7(2)8-5-3-4-6-9(8)10(11)12;1-2/h3-6,10H,1-2H3;3-7H,1-2H3,(H2,11,12);1-2H3. The molecule has 6 heteroatoms. The molecule has 0 unspecified atom stereocenters. The first-order valence-electron chi connectivity index (χ1n) is 9.26. The smallest absolute Gasteiger partial charge is 0.387 e. The molecule has 2 N–H and O–H groups in total. The minimum atomic E-state index is -2.99. The van der Waals surface area contributed by atoms with E-state index < -0.39 is 18.2 Å². The summed E-state index contributed by atoms with van der Waals surface area (Å²) in [5.74, 6) is -1.01. The molecule has 0 atom stereocenters. The van der Waals surface area contributed by atoms with Crippen LogP contribution in [0, 0.1) is 5.82 Å². The van der Waals surface area contributed by atoms with E-state index in [4.69, 9.17) is 5.73 Å². The predicted octanol–water partition coefficient (Wildman–Crippen LogP) is 6.49. The third-order valence-corrected chi connectivity index (χ3v) is 3.69. The minimum absolute atomic E-state index is 0.157. The number of alkyl halides is 2. The molecule has 1 amide bonds. The minimum Gasteiger partial charge on any atom is -0.432 e. The SMILES string of the molecule is CC.CC(C)c1ccc(OC(F)F)c(F)c1.CC(C)c1ccccc1C(N)=O. The van der Waals surface area contributed by atoms with E-state index in [1.165, 1.54) is 12.1 Å². The summed E-state index contributed by atoms with van der Waals surface area (Å²) in [7, 11) is 0. The van der Waals surface area contributed by atoms with Crippen molar-refractivity contribution in [3.63, 3.8) is 0 Å². The lowest BCUT2D eigenvalue weighted by molar-refractivity contribution is -0.0522. The van der Waals surface area contributed by atoms with E-state index in [1.807, 2.05) is 59.7 Å². The second-order valence-electron chi connectivity index (χ2n) is 6.33. The number of amides is 1. The van der Waals surface area contributed by atoms with Gasteiger partial charge < -0.3 is 10.5 Å². The van der Waals surface area contributed by atoms with Gasteiger partial charge in [-0.05, 0) is 41.2 Å². The van der Waals surface area contributed by atoms with Crippen molar-refractivity contribution in [3.8, 4) is 5.75 Å². The number of halogens is 3. The zero-order valence-corrected chi connectivity index (χ0v) is 17.3. The van der Waals surface area contributed by atoms with Crippen LogP contribution >= 0.6 is 0 Å². The Morgan fingerprint density at radius 2 is 1.54 bits per heavy atom. The largest absolute Gasteiger partial charge is 0.432 e. The van der Waals surface area contributed by atoms with Gasteiger partial charge in [-0.2, -0.15) is 8.78 Å². The zero-order valence-electron chi connectivity index (χ0n) is 17.3. The lowest BCUT2D eigenvalue weighted by atomic mass is 9.97. The third-order valence-electron chi connectivity index (χ3n) is 3.69. The van der Waals surface area contributed by atoms with Crippen molar-refractivity contribution in [3.05, 3.63) is 65.0 Å². The molecule has 2 rings (SSSR count). The van der Waals surface area contributed by atoms with Crippen molar-refractivity contribution in [2.45, 2.75) is 60.0 Å². The van der Waals surface area contributed by atoms with Gasteiger partial charge >= 0.3 is 6.61 Å². The maximum atomic E-state index is 13.1. The lowest BCUT2D eigenvalue weighted by Crippen LogP contribution is -2.14. The fourth-order valence-electron chi connectivity index (χ4n) is 2.29. The second kappa shape index (κ2) is 12.8. The summed E-state index contributed by atoms with van der Waals surface area (Å²) in [4.78, 5) is 10.9. The van der Waals surface area contributed by atoms with Gasteiger partial charge in [0.2, 0.25) is 5.91 Å². The van der Waals surface area contributed by atoms with Crippen LogP contribution in [0.15, 0.2) is 42.5 Å². The maximum Gasteiger partial charge on any atom is 0.387 e. The van der Waals surface area contributed by atoms with Gasteiger partial charge in [-0.1, -0.05) is 65.8 Å². The van der Waals surface area contributed by atoms with Crippen LogP contribution in [0.1, 0.15) is 74.9 Å². The summed E-state index contributed by atoms with van der Waals surface area (Å²) in [5, 5.41) is 0. The van der Waals surface area contributed by atoms with Gasteiger partial charge in [0.15, 0.2) is 11.6 Å². The van der Waals surface area contributed by atoms with Crippen LogP contribution in [0.5, 0.6) is 5.75 Å². The third kappa shape index (κ3) is 8.46. The number of ether oxygens (including phenoxy) is 1. The average Bonchev–Trinajstić information content (AvgIpc) is 2.65. The number of primary amides is 1. The Balaban J connectivity index is 0.000000483. The monoisotopic (exact) mass is 397 g/mol. The van der Waals surface area contributed by atoms with Crippen LogP contribution in [-0.2, 0) is 0 Å². The van der Waals surface area contributed by atoms with Crippen molar-refractivity contribution in [1.29, 1.82) is 0 Å². The molecule has 0 aliphatic rings. The van der Waals surface area contributed by atoms with Gasteiger partial charge in [0, 0.05) is 5.56 Å². The van der Waals surface area contributed by atoms with E-state index in [9.17, 15) is 18.0 Å². The second-order valence-corrected chi connectivity index (χ2v) is 6.33. The highest BCUT2D eigenvalue weighted by atomic mass is 19.3. The molecule has 0 saturated carbocycles. The van der Waals surface area contributed by atoms with E-state index in [0.717, 1.165) is 11.1 Å². The molecule has 2 aromatic rings. The Bertz CT molecular complexity index is 731. The van der Waals surface area contributed by atoms with Crippen LogP contribution in [0.4, 0.5) is 13.2 Å². The summed E-state index contributed by atoms with van der Waals surface area (Å²) < 4.78 is 40.6. The topological polar surface area (TPSA) is 52.3 Å². The number of benzene rings is 2. The van der Waals surface area contributed by atoms with Crippen molar-refractivity contribution in [1.82, 2.24) is 0 Å². The molecule has 0 aliphatic heterocycles. The zero-order chi connectivity index (χ0) is 21.9. The van der Waals surface area contributed by atoms with Crippen LogP contribution in [0.25, 0.3) is 0 Å². The molecule has 156 valence electrons. The normalized spacial score (nSPS) is 10.1. The molecule has 0 aliphatic carbocycles. The van der Waals surface area contributed by atoms with Crippen molar-refractivity contribution in [2.75, 3.05) is 0 Å². The average molecular weight is 397 g/mol. The van der Waals surface area contributed by atoms with Gasteiger partial charge in [-0.25, -0.2) is 4.39 Å². The molecule has 0 radical (unpaired) electrons. The Morgan fingerprint density at radius 1 is 0.964 bits per heavy atom. The molecule has 28 heavy (non-hydrogen) atoms. The van der Waals surface area contributed by atoms with Crippen LogP contribution < -0.4 is 10.5 Å². The Morgan fingerprint density at radius 3 is 1.93 bits per heavy atom. The molecule has 0 saturated heterocycles. The maximum absolute atomic E-state index is 13.1. The Kier molecular flexibility index (Phi) is 11.7. The first kappa shape index (κ1) is 25.5. The number of carbonyl (C=O) groups is 1. The fraction of sp³-hybridized carbons (Fsp3) is 0.409. The number of carbonyl (C=O) groups excluding carboxylic acids is 1. The Hall–Kier alpha value is -2.50. The summed E-state index contributed by atoms with van der Waals surface area (Å²) in [6, 6.07) is 11.4. The molecular weight excluding hydrogens is 367 g/mol. The highest BCUT2D eigenvalue weighted by Crippen LogP contribution is 2.24. The van der Waals surface area contributed by atoms with E-state index in [0.29, 0.717) is 11.5 Å². The van der Waals surface area contributed by atoms with Crippen LogP contribution in [0.3, 0.4) is 0 Å². The summed E-state index contributed by atoms with van der Waals surface area (Å²) in [6.07, 6.45) is 0. The number of hydrogen-bond donors (Lipinski definition) is 1. The van der Waals surface area contributed by atoms with Gasteiger partial charge in [0.25, 0.3) is 0 Å². The molecule has 0 spiro atoms. The molecule has 3 nitrogen and oxygen atoms in total. The molecule has 2 aromatic carbocycles. The molecule has 0 aromatic heterocycles. The van der Waals surface area contributed by atoms with E-state index >= 15 is 0 Å². The lowest BCUT2D eigenvalue weighted by Gasteiger charge is -2.09. The van der Waals surface area contributed by atoms with Crippen LogP contribution in [-0.4, -0.2) is 12.5 Å². The molecular formula is C22H30F3NO2. The number of rotatable bonds is 5. The summed E-state index contributed by atoms with van der Waals surface area (Å²) in [5.41, 5.74) is 7.62. The van der Waals surface area contributed by atoms with Crippen molar-refractivity contribution in [2.24, 2.45) is 5.73 Å². The fourth-order valence-corrected chi connectivity index (χ4v) is 2.29. The van der Waals surface area contributed by atoms with Gasteiger partial charge in [0.05, 0.1) is 0 Å². The van der Waals surface area contributed by atoms with Gasteiger partial charge in [-0.15, -0.1) is 0 Å². The van der Waals surface area contributed by atoms with E-state index in [2.05, 4.69) is 4.74 Å². The van der Waals surface area contributed by atoms with E-state index in [-0.39, 0.29) is 11.8 Å². The quantitative estimate of drug-likeness (QED) is 0.627. The van der Waals surface area contributed by atoms with E-state index in [1.54, 1.807) is 12.1 Å². The summed E-state index contributed by atoms with van der Waals surface area (Å²) >= 11 is 0. The summed E-state index contributed by atoms with van der Waals surface area (Å²) in [6.45, 7) is 8.88. The number of nitrogens with two attached hydrogens (primary N) is 1. The Labute approximate surface area is 165 Å². The van der Waals surface area contributed by atoms with Crippen molar-refractivity contribution >= 4 is 5.91 Å². The van der Waals surface area contributed by atoms with Gasteiger partial charge in [-0.3, -0.25) is 4.79 Å². The molecule has 0 fully saturated rings. The van der Waals surface area contributed by atoms with Crippen molar-refractivity contribution < 1.29 is 22.7 Å². The number of hydrogen-bond acceptors (Lipinski definition) is 2.